The van der Waals surface area contributed by atoms with Crippen molar-refractivity contribution >= 4 is 49.7 Å². The van der Waals surface area contributed by atoms with E-state index in [1.165, 1.54) is 11.3 Å². The summed E-state index contributed by atoms with van der Waals surface area (Å²) in [6.45, 7) is 0.663. The van der Waals surface area contributed by atoms with Crippen molar-refractivity contribution in [2.75, 3.05) is 18.9 Å². The zero-order valence-electron chi connectivity index (χ0n) is 12.3. The number of anilines is 1. The Morgan fingerprint density at radius 2 is 2.13 bits per heavy atom. The lowest BCUT2D eigenvalue weighted by Crippen LogP contribution is -2.32. The summed E-state index contributed by atoms with van der Waals surface area (Å²) >= 11 is 3.27. The fraction of sp³-hybridized carbons (Fsp3) is 0.467. The van der Waals surface area contributed by atoms with Gasteiger partial charge >= 0.3 is 6.18 Å². The van der Waals surface area contributed by atoms with Crippen LogP contribution in [0, 0.1) is 2.88 Å². The van der Waals surface area contributed by atoms with Gasteiger partial charge in [0.05, 0.1) is 25.7 Å². The summed E-state index contributed by atoms with van der Waals surface area (Å²) in [5.74, 6) is 0. The largest absolute Gasteiger partial charge is 0.393 e. The Bertz CT molecular complexity index is 715. The molecule has 0 bridgehead atoms. The van der Waals surface area contributed by atoms with E-state index in [1.807, 2.05) is 22.6 Å². The summed E-state index contributed by atoms with van der Waals surface area (Å²) in [5, 5.41) is 3.78. The summed E-state index contributed by atoms with van der Waals surface area (Å²) < 4.78 is 53.8. The molecule has 1 fully saturated rings. The highest BCUT2D eigenvalue weighted by Crippen LogP contribution is 2.40. The van der Waals surface area contributed by atoms with Gasteiger partial charge in [0.25, 0.3) is 0 Å². The zero-order chi connectivity index (χ0) is 16.8. The van der Waals surface area contributed by atoms with Gasteiger partial charge in [-0.3, -0.25) is 4.90 Å². The standard InChI is InChI=1S/C15H15F4IN2S/c1-22-6-5-11(13(22)16)21-10-4-2-3-8-9(7-15(17,18)19)14(20)23-12(8)10/h2-4,11,13,21H,5-7H2,1H3/t11?,13-/m0/s1. The highest BCUT2D eigenvalue weighted by Gasteiger charge is 2.33. The van der Waals surface area contributed by atoms with Crippen molar-refractivity contribution in [3.8, 4) is 0 Å². The van der Waals surface area contributed by atoms with Crippen molar-refractivity contribution in [1.29, 1.82) is 0 Å². The van der Waals surface area contributed by atoms with Gasteiger partial charge in [0.15, 0.2) is 6.30 Å². The molecule has 1 aromatic carbocycles. The number of halogens is 5. The molecule has 2 aromatic rings. The molecule has 0 aliphatic carbocycles. The van der Waals surface area contributed by atoms with Crippen molar-refractivity contribution in [3.63, 3.8) is 0 Å². The molecule has 3 rings (SSSR count). The topological polar surface area (TPSA) is 15.3 Å². The van der Waals surface area contributed by atoms with Gasteiger partial charge in [0, 0.05) is 6.54 Å². The normalized spacial score (nSPS) is 22.9. The molecule has 126 valence electrons. The van der Waals surface area contributed by atoms with Crippen LogP contribution in [0.3, 0.4) is 0 Å². The first-order valence-electron chi connectivity index (χ1n) is 7.14. The molecule has 1 aliphatic rings. The van der Waals surface area contributed by atoms with Crippen molar-refractivity contribution in [2.45, 2.75) is 31.4 Å². The van der Waals surface area contributed by atoms with Crippen LogP contribution < -0.4 is 5.32 Å². The molecule has 1 unspecified atom stereocenters. The second-order valence-electron chi connectivity index (χ2n) is 5.72. The van der Waals surface area contributed by atoms with E-state index in [9.17, 15) is 17.6 Å². The Labute approximate surface area is 149 Å². The number of thiophene rings is 1. The van der Waals surface area contributed by atoms with Gasteiger partial charge in [-0.15, -0.1) is 11.3 Å². The second-order valence-corrected chi connectivity index (χ2v) is 8.55. The number of likely N-dealkylation sites (N-methyl/N-ethyl adjacent to an activating group) is 1. The predicted octanol–water partition coefficient (Wildman–Crippen LogP) is 5.02. The van der Waals surface area contributed by atoms with Crippen LogP contribution in [0.25, 0.3) is 10.1 Å². The minimum atomic E-state index is -4.24. The van der Waals surface area contributed by atoms with Crippen LogP contribution in [0.5, 0.6) is 0 Å². The Balaban J connectivity index is 1.95. The summed E-state index contributed by atoms with van der Waals surface area (Å²) in [6, 6.07) is 4.89. The summed E-state index contributed by atoms with van der Waals surface area (Å²) in [4.78, 5) is 1.63. The fourth-order valence-electron chi connectivity index (χ4n) is 2.87. The molecular formula is C15H15F4IN2S. The third-order valence-electron chi connectivity index (χ3n) is 4.03. The molecule has 23 heavy (non-hydrogen) atoms. The molecule has 1 saturated heterocycles. The molecule has 0 amide bonds. The summed E-state index contributed by atoms with van der Waals surface area (Å²) in [6.07, 6.45) is -5.59. The lowest BCUT2D eigenvalue weighted by Gasteiger charge is -2.19. The van der Waals surface area contributed by atoms with E-state index < -0.39 is 18.9 Å². The number of fused-ring (bicyclic) bond motifs is 1. The van der Waals surface area contributed by atoms with Crippen molar-refractivity contribution < 1.29 is 17.6 Å². The van der Waals surface area contributed by atoms with Gasteiger partial charge < -0.3 is 5.32 Å². The van der Waals surface area contributed by atoms with Crippen LogP contribution in [0.4, 0.5) is 23.2 Å². The Morgan fingerprint density at radius 1 is 1.39 bits per heavy atom. The minimum absolute atomic E-state index is 0.307. The number of benzene rings is 1. The Morgan fingerprint density at radius 3 is 2.74 bits per heavy atom. The van der Waals surface area contributed by atoms with Crippen molar-refractivity contribution in [1.82, 2.24) is 4.90 Å². The fourth-order valence-corrected chi connectivity index (χ4v) is 5.04. The first-order chi connectivity index (χ1) is 10.8. The maximum Gasteiger partial charge on any atom is 0.393 e. The molecule has 1 aromatic heterocycles. The van der Waals surface area contributed by atoms with E-state index in [0.717, 1.165) is 4.70 Å². The molecule has 1 N–H and O–H groups in total. The molecule has 2 atom stereocenters. The first-order valence-corrected chi connectivity index (χ1v) is 9.03. The SMILES string of the molecule is CN1CCC(Nc2cccc3c(CC(F)(F)F)c(I)sc23)[C@H]1F. The van der Waals surface area contributed by atoms with Crippen LogP contribution in [-0.2, 0) is 6.42 Å². The minimum Gasteiger partial charge on any atom is -0.377 e. The smallest absolute Gasteiger partial charge is 0.377 e. The molecule has 2 heterocycles. The molecule has 2 nitrogen and oxygen atoms in total. The van der Waals surface area contributed by atoms with E-state index in [4.69, 9.17) is 0 Å². The van der Waals surface area contributed by atoms with Gasteiger partial charge in [-0.2, -0.15) is 13.2 Å². The van der Waals surface area contributed by atoms with Gasteiger partial charge in [-0.25, -0.2) is 4.39 Å². The quantitative estimate of drug-likeness (QED) is 0.395. The van der Waals surface area contributed by atoms with E-state index in [-0.39, 0.29) is 6.04 Å². The number of nitrogens with one attached hydrogen (secondary N) is 1. The highest BCUT2D eigenvalue weighted by molar-refractivity contribution is 14.1. The molecular weight excluding hydrogens is 443 g/mol. The maximum absolute atomic E-state index is 14.1. The average molecular weight is 458 g/mol. The summed E-state index contributed by atoms with van der Waals surface area (Å²) in [7, 11) is 1.72. The Hall–Kier alpha value is -0.610. The zero-order valence-corrected chi connectivity index (χ0v) is 15.2. The van der Waals surface area contributed by atoms with Crippen LogP contribution in [0.2, 0.25) is 0 Å². The number of hydrogen-bond donors (Lipinski definition) is 1. The van der Waals surface area contributed by atoms with E-state index in [1.54, 1.807) is 30.1 Å². The predicted molar refractivity (Wildman–Crippen MR) is 93.9 cm³/mol. The number of alkyl halides is 4. The van der Waals surface area contributed by atoms with Crippen LogP contribution in [-0.4, -0.2) is 37.0 Å². The average Bonchev–Trinajstić information content (AvgIpc) is 2.93. The van der Waals surface area contributed by atoms with Gasteiger partial charge in [0.2, 0.25) is 0 Å². The van der Waals surface area contributed by atoms with E-state index in [2.05, 4.69) is 5.32 Å². The Kier molecular flexibility index (Phi) is 4.76. The molecule has 0 spiro atoms. The lowest BCUT2D eigenvalue weighted by molar-refractivity contribution is -0.127. The third-order valence-corrected chi connectivity index (χ3v) is 6.41. The van der Waals surface area contributed by atoms with Gasteiger partial charge in [-0.1, -0.05) is 12.1 Å². The molecule has 0 saturated carbocycles. The molecule has 0 radical (unpaired) electrons. The van der Waals surface area contributed by atoms with Gasteiger partial charge in [0.1, 0.15) is 0 Å². The van der Waals surface area contributed by atoms with Crippen molar-refractivity contribution in [3.05, 3.63) is 26.6 Å². The second kappa shape index (κ2) is 6.36. The highest BCUT2D eigenvalue weighted by atomic mass is 127. The first kappa shape index (κ1) is 17.2. The number of rotatable bonds is 3. The number of hydrogen-bond acceptors (Lipinski definition) is 3. The third kappa shape index (κ3) is 3.58. The maximum atomic E-state index is 14.1. The lowest BCUT2D eigenvalue weighted by atomic mass is 10.1. The van der Waals surface area contributed by atoms with E-state index in [0.29, 0.717) is 32.5 Å². The number of likely N-dealkylation sites (tertiary alicyclic amines) is 1. The molecule has 8 heteroatoms. The monoisotopic (exact) mass is 458 g/mol. The van der Waals surface area contributed by atoms with Crippen LogP contribution in [0.15, 0.2) is 18.2 Å². The molecule has 1 aliphatic heterocycles. The van der Waals surface area contributed by atoms with Crippen molar-refractivity contribution in [2.24, 2.45) is 0 Å². The van der Waals surface area contributed by atoms with E-state index >= 15 is 0 Å². The van der Waals surface area contributed by atoms with Gasteiger partial charge in [-0.05, 0) is 53.1 Å². The van der Waals surface area contributed by atoms with Crippen LogP contribution in [0.1, 0.15) is 12.0 Å². The van der Waals surface area contributed by atoms with Crippen LogP contribution >= 0.6 is 33.9 Å². The number of nitrogens with zero attached hydrogens (tertiary/aromatic N) is 1. The summed E-state index contributed by atoms with van der Waals surface area (Å²) in [5.41, 5.74) is 1.02.